The van der Waals surface area contributed by atoms with Crippen molar-refractivity contribution in [2.24, 2.45) is 0 Å². The van der Waals surface area contributed by atoms with Crippen molar-refractivity contribution < 1.29 is 14.6 Å². The number of carbonyl (C=O) groups is 1. The summed E-state index contributed by atoms with van der Waals surface area (Å²) in [6.45, 7) is 2.09. The van der Waals surface area contributed by atoms with Crippen molar-refractivity contribution in [1.29, 1.82) is 0 Å². The molecule has 0 amide bonds. The van der Waals surface area contributed by atoms with Crippen LogP contribution in [0.2, 0.25) is 0 Å². The highest BCUT2D eigenvalue weighted by Crippen LogP contribution is 2.29. The van der Waals surface area contributed by atoms with E-state index < -0.39 is 5.97 Å². The number of allylic oxidation sites excluding steroid dienone is 1. The maximum atomic E-state index is 11.4. The quantitative estimate of drug-likeness (QED) is 0.751. The van der Waals surface area contributed by atoms with Crippen LogP contribution in [0.4, 0.5) is 0 Å². The molecule has 1 aromatic rings. The SMILES string of the molecule is CCOC(=O)c1cc(O)c2c(c1)C=CC2. The van der Waals surface area contributed by atoms with E-state index in [1.54, 1.807) is 13.0 Å². The Morgan fingerprint density at radius 2 is 2.33 bits per heavy atom. The van der Waals surface area contributed by atoms with E-state index in [2.05, 4.69) is 0 Å². The van der Waals surface area contributed by atoms with Gasteiger partial charge in [0, 0.05) is 5.56 Å². The Balaban J connectivity index is 2.38. The summed E-state index contributed by atoms with van der Waals surface area (Å²) in [5, 5.41) is 9.68. The second kappa shape index (κ2) is 3.77. The Hall–Kier alpha value is -1.77. The van der Waals surface area contributed by atoms with Gasteiger partial charge in [0.2, 0.25) is 0 Å². The average Bonchev–Trinajstić information content (AvgIpc) is 2.66. The maximum absolute atomic E-state index is 11.4. The van der Waals surface area contributed by atoms with Crippen LogP contribution in [0, 0.1) is 0 Å². The van der Waals surface area contributed by atoms with Gasteiger partial charge in [0.05, 0.1) is 12.2 Å². The highest BCUT2D eigenvalue weighted by Gasteiger charge is 2.15. The van der Waals surface area contributed by atoms with Crippen molar-refractivity contribution >= 4 is 12.0 Å². The molecule has 15 heavy (non-hydrogen) atoms. The number of benzene rings is 1. The van der Waals surface area contributed by atoms with Crippen LogP contribution in [0.3, 0.4) is 0 Å². The molecule has 3 heteroatoms. The van der Waals surface area contributed by atoms with Crippen LogP contribution < -0.4 is 0 Å². The van der Waals surface area contributed by atoms with E-state index in [-0.39, 0.29) is 5.75 Å². The molecule has 3 nitrogen and oxygen atoms in total. The van der Waals surface area contributed by atoms with Gasteiger partial charge in [-0.05, 0) is 31.0 Å². The number of hydrogen-bond acceptors (Lipinski definition) is 3. The molecule has 78 valence electrons. The standard InChI is InChI=1S/C12H12O3/c1-2-15-12(14)9-6-8-4-3-5-10(8)11(13)7-9/h3-4,6-7,13H,2,5H2,1H3. The van der Waals surface area contributed by atoms with Gasteiger partial charge in [0.25, 0.3) is 0 Å². The molecule has 0 saturated carbocycles. The van der Waals surface area contributed by atoms with Crippen LogP contribution in [-0.2, 0) is 11.2 Å². The third kappa shape index (κ3) is 1.73. The number of esters is 1. The molecule has 2 rings (SSSR count). The van der Waals surface area contributed by atoms with Gasteiger partial charge in [-0.15, -0.1) is 0 Å². The Morgan fingerprint density at radius 1 is 1.53 bits per heavy atom. The summed E-state index contributed by atoms with van der Waals surface area (Å²) in [4.78, 5) is 11.4. The first-order valence-corrected chi connectivity index (χ1v) is 4.92. The molecule has 0 unspecified atom stereocenters. The first-order chi connectivity index (χ1) is 7.22. The number of phenols is 1. The van der Waals surface area contributed by atoms with Gasteiger partial charge in [0.1, 0.15) is 5.75 Å². The smallest absolute Gasteiger partial charge is 0.338 e. The molecule has 0 atom stereocenters. The molecule has 0 aromatic heterocycles. The number of aromatic hydroxyl groups is 1. The fourth-order valence-electron chi connectivity index (χ4n) is 1.69. The number of hydrogen-bond donors (Lipinski definition) is 1. The molecule has 0 radical (unpaired) electrons. The lowest BCUT2D eigenvalue weighted by Gasteiger charge is -2.06. The third-order valence-corrected chi connectivity index (χ3v) is 2.39. The van der Waals surface area contributed by atoms with Crippen LogP contribution in [0.5, 0.6) is 5.75 Å². The molecule has 0 bridgehead atoms. The lowest BCUT2D eigenvalue weighted by atomic mass is 10.0. The fourth-order valence-corrected chi connectivity index (χ4v) is 1.69. The van der Waals surface area contributed by atoms with Crippen molar-refractivity contribution in [2.75, 3.05) is 6.61 Å². The zero-order valence-electron chi connectivity index (χ0n) is 8.49. The summed E-state index contributed by atoms with van der Waals surface area (Å²) in [6, 6.07) is 3.21. The zero-order valence-corrected chi connectivity index (χ0v) is 8.49. The van der Waals surface area contributed by atoms with Crippen molar-refractivity contribution in [3.8, 4) is 5.75 Å². The predicted molar refractivity (Wildman–Crippen MR) is 56.8 cm³/mol. The lowest BCUT2D eigenvalue weighted by Crippen LogP contribution is -2.05. The summed E-state index contributed by atoms with van der Waals surface area (Å²) in [6.07, 6.45) is 4.58. The van der Waals surface area contributed by atoms with E-state index in [4.69, 9.17) is 4.74 Å². The predicted octanol–water partition coefficient (Wildman–Crippen LogP) is 2.14. The summed E-state index contributed by atoms with van der Waals surface area (Å²) in [7, 11) is 0. The van der Waals surface area contributed by atoms with E-state index in [1.165, 1.54) is 6.07 Å². The molecule has 0 spiro atoms. The van der Waals surface area contributed by atoms with Gasteiger partial charge in [0.15, 0.2) is 0 Å². The molecule has 0 fully saturated rings. The maximum Gasteiger partial charge on any atom is 0.338 e. The molecule has 0 aliphatic heterocycles. The van der Waals surface area contributed by atoms with Crippen LogP contribution >= 0.6 is 0 Å². The minimum atomic E-state index is -0.393. The summed E-state index contributed by atoms with van der Waals surface area (Å²) in [5.74, 6) is -0.226. The highest BCUT2D eigenvalue weighted by molar-refractivity contribution is 5.91. The van der Waals surface area contributed by atoms with Crippen LogP contribution in [0.25, 0.3) is 6.08 Å². The van der Waals surface area contributed by atoms with Crippen molar-refractivity contribution in [1.82, 2.24) is 0 Å². The van der Waals surface area contributed by atoms with Gasteiger partial charge < -0.3 is 9.84 Å². The molecule has 1 N–H and O–H groups in total. The normalized spacial score (nSPS) is 12.6. The van der Waals surface area contributed by atoms with Gasteiger partial charge in [-0.2, -0.15) is 0 Å². The van der Waals surface area contributed by atoms with E-state index in [9.17, 15) is 9.90 Å². The largest absolute Gasteiger partial charge is 0.508 e. The molecule has 0 saturated heterocycles. The number of ether oxygens (including phenoxy) is 1. The second-order valence-electron chi connectivity index (χ2n) is 3.39. The topological polar surface area (TPSA) is 46.5 Å². The molecular weight excluding hydrogens is 192 g/mol. The first-order valence-electron chi connectivity index (χ1n) is 4.92. The van der Waals surface area contributed by atoms with Crippen molar-refractivity contribution in [2.45, 2.75) is 13.3 Å². The Labute approximate surface area is 88.0 Å². The highest BCUT2D eigenvalue weighted by atomic mass is 16.5. The number of rotatable bonds is 2. The molecule has 1 aromatic carbocycles. The minimum absolute atomic E-state index is 0.167. The molecule has 1 aliphatic rings. The lowest BCUT2D eigenvalue weighted by molar-refractivity contribution is 0.0526. The van der Waals surface area contributed by atoms with Crippen molar-refractivity contribution in [3.63, 3.8) is 0 Å². The molecule has 0 heterocycles. The van der Waals surface area contributed by atoms with E-state index >= 15 is 0 Å². The van der Waals surface area contributed by atoms with Crippen LogP contribution in [-0.4, -0.2) is 17.7 Å². The summed E-state index contributed by atoms with van der Waals surface area (Å²) in [5.41, 5.74) is 2.18. The van der Waals surface area contributed by atoms with Gasteiger partial charge in [-0.3, -0.25) is 0 Å². The van der Waals surface area contributed by atoms with Gasteiger partial charge >= 0.3 is 5.97 Å². The average molecular weight is 204 g/mol. The van der Waals surface area contributed by atoms with Gasteiger partial charge in [-0.25, -0.2) is 4.79 Å². The molecule has 1 aliphatic carbocycles. The second-order valence-corrected chi connectivity index (χ2v) is 3.39. The Bertz CT molecular complexity index is 433. The van der Waals surface area contributed by atoms with E-state index in [1.807, 2.05) is 12.2 Å². The zero-order chi connectivity index (χ0) is 10.8. The summed E-state index contributed by atoms with van der Waals surface area (Å²) >= 11 is 0. The minimum Gasteiger partial charge on any atom is -0.508 e. The van der Waals surface area contributed by atoms with Crippen molar-refractivity contribution in [3.05, 3.63) is 34.9 Å². The molecular formula is C12H12O3. The number of phenolic OH excluding ortho intramolecular Hbond substituents is 1. The van der Waals surface area contributed by atoms with Crippen LogP contribution in [0.15, 0.2) is 18.2 Å². The van der Waals surface area contributed by atoms with E-state index in [0.29, 0.717) is 12.2 Å². The Kier molecular flexibility index (Phi) is 2.46. The summed E-state index contributed by atoms with van der Waals surface area (Å²) < 4.78 is 4.87. The number of fused-ring (bicyclic) bond motifs is 1. The number of carbonyl (C=O) groups excluding carboxylic acids is 1. The van der Waals surface area contributed by atoms with Gasteiger partial charge in [-0.1, -0.05) is 12.2 Å². The monoisotopic (exact) mass is 204 g/mol. The van der Waals surface area contributed by atoms with E-state index in [0.717, 1.165) is 17.5 Å². The first kappa shape index (κ1) is 9.77. The van der Waals surface area contributed by atoms with Crippen LogP contribution in [0.1, 0.15) is 28.4 Å². The Morgan fingerprint density at radius 3 is 3.07 bits per heavy atom. The fraction of sp³-hybridized carbons (Fsp3) is 0.250. The third-order valence-electron chi connectivity index (χ3n) is 2.39.